The van der Waals surface area contributed by atoms with E-state index in [1.54, 1.807) is 24.3 Å². The average Bonchev–Trinajstić information content (AvgIpc) is 2.90. The van der Waals surface area contributed by atoms with E-state index in [9.17, 15) is 14.7 Å². The molecule has 0 heterocycles. The molecular weight excluding hydrogens is 322 g/mol. The third-order valence-corrected chi connectivity index (χ3v) is 3.84. The average molecular weight is 338 g/mol. The topological polar surface area (TPSA) is 66.4 Å². The van der Waals surface area contributed by atoms with Crippen molar-refractivity contribution < 1.29 is 14.7 Å². The Kier molecular flexibility index (Phi) is 4.95. The molecule has 2 rings (SSSR count). The maximum Gasteiger partial charge on any atom is 0.330 e. The van der Waals surface area contributed by atoms with Gasteiger partial charge in [-0.15, -0.1) is 0 Å². The molecule has 1 aliphatic carbocycles. The van der Waals surface area contributed by atoms with Gasteiger partial charge in [0, 0.05) is 10.9 Å². The third-order valence-electron chi connectivity index (χ3n) is 3.32. The molecule has 0 fully saturated rings. The van der Waals surface area contributed by atoms with Crippen LogP contribution < -0.4 is 5.32 Å². The summed E-state index contributed by atoms with van der Waals surface area (Å²) in [6, 6.07) is 5.91. The zero-order valence-electron chi connectivity index (χ0n) is 10.9. The predicted octanol–water partition coefficient (Wildman–Crippen LogP) is 3.05. The molecule has 5 heteroatoms. The van der Waals surface area contributed by atoms with Crippen molar-refractivity contribution in [2.24, 2.45) is 5.92 Å². The maximum absolute atomic E-state index is 11.9. The number of amides is 1. The fourth-order valence-corrected chi connectivity index (χ4v) is 2.53. The van der Waals surface area contributed by atoms with Gasteiger partial charge in [0.25, 0.3) is 0 Å². The molecule has 106 valence electrons. The van der Waals surface area contributed by atoms with E-state index >= 15 is 0 Å². The van der Waals surface area contributed by atoms with Crippen molar-refractivity contribution in [1.82, 2.24) is 5.32 Å². The number of carbonyl (C=O) groups is 2. The Balaban J connectivity index is 2.01. The lowest BCUT2D eigenvalue weighted by Gasteiger charge is -2.16. The first-order valence-corrected chi connectivity index (χ1v) is 7.30. The van der Waals surface area contributed by atoms with Gasteiger partial charge in [0.05, 0.1) is 0 Å². The number of aliphatic carboxylic acids is 1. The number of carboxylic acids is 1. The van der Waals surface area contributed by atoms with Crippen LogP contribution in [0.5, 0.6) is 0 Å². The Hall–Kier alpha value is -1.62. The van der Waals surface area contributed by atoms with Crippen molar-refractivity contribution in [1.29, 1.82) is 0 Å². The minimum Gasteiger partial charge on any atom is -0.479 e. The first kappa shape index (κ1) is 14.8. The number of hydrogen-bond acceptors (Lipinski definition) is 2. The lowest BCUT2D eigenvalue weighted by Crippen LogP contribution is -2.34. The molecule has 1 amide bonds. The second kappa shape index (κ2) is 6.70. The van der Waals surface area contributed by atoms with E-state index in [1.165, 1.54) is 0 Å². The number of carbonyl (C=O) groups excluding carboxylic acids is 1. The second-order valence-corrected chi connectivity index (χ2v) is 5.78. The van der Waals surface area contributed by atoms with Gasteiger partial charge in [0.2, 0.25) is 5.91 Å². The molecule has 1 aromatic carbocycles. The van der Waals surface area contributed by atoms with Crippen LogP contribution in [0.1, 0.15) is 30.9 Å². The zero-order chi connectivity index (χ0) is 14.5. The molecule has 20 heavy (non-hydrogen) atoms. The van der Waals surface area contributed by atoms with Gasteiger partial charge in [-0.2, -0.15) is 0 Å². The highest BCUT2D eigenvalue weighted by Gasteiger charge is 2.23. The van der Waals surface area contributed by atoms with E-state index in [4.69, 9.17) is 0 Å². The molecular formula is C15H16BrNO3. The Morgan fingerprint density at radius 2 is 2.05 bits per heavy atom. The molecule has 4 nitrogen and oxygen atoms in total. The number of benzene rings is 1. The van der Waals surface area contributed by atoms with Crippen LogP contribution in [0.4, 0.5) is 0 Å². The summed E-state index contributed by atoms with van der Waals surface area (Å²) in [7, 11) is 0. The van der Waals surface area contributed by atoms with Crippen molar-refractivity contribution in [2.75, 3.05) is 0 Å². The van der Waals surface area contributed by atoms with Crippen molar-refractivity contribution in [3.63, 3.8) is 0 Å². The highest BCUT2D eigenvalue weighted by atomic mass is 79.9. The Labute approximate surface area is 126 Å². The summed E-state index contributed by atoms with van der Waals surface area (Å²) in [4.78, 5) is 23.3. The highest BCUT2D eigenvalue weighted by molar-refractivity contribution is 9.10. The van der Waals surface area contributed by atoms with Gasteiger partial charge in [0.1, 0.15) is 0 Å². The molecule has 0 saturated heterocycles. The van der Waals surface area contributed by atoms with E-state index in [0.717, 1.165) is 17.3 Å². The summed E-state index contributed by atoms with van der Waals surface area (Å²) < 4.78 is 0.868. The van der Waals surface area contributed by atoms with Crippen LogP contribution in [0.2, 0.25) is 0 Å². The number of nitrogens with one attached hydrogen (secondary N) is 1. The SMILES string of the molecule is O=C(CC1C=CCC1)NC(C(=O)O)c1ccc(Br)cc1. The maximum atomic E-state index is 11.9. The molecule has 0 aromatic heterocycles. The fraction of sp³-hybridized carbons (Fsp3) is 0.333. The monoisotopic (exact) mass is 337 g/mol. The fourth-order valence-electron chi connectivity index (χ4n) is 2.27. The van der Waals surface area contributed by atoms with Crippen LogP contribution in [-0.4, -0.2) is 17.0 Å². The van der Waals surface area contributed by atoms with Crippen LogP contribution >= 0.6 is 15.9 Å². The van der Waals surface area contributed by atoms with Gasteiger partial charge < -0.3 is 10.4 Å². The standard InChI is InChI=1S/C15H16BrNO3/c16-12-7-5-11(6-8-12)14(15(19)20)17-13(18)9-10-3-1-2-4-10/h1,3,5-8,10,14H,2,4,9H2,(H,17,18)(H,19,20). The van der Waals surface area contributed by atoms with Crippen molar-refractivity contribution >= 4 is 27.8 Å². The number of hydrogen-bond donors (Lipinski definition) is 2. The molecule has 0 radical (unpaired) electrons. The molecule has 0 aliphatic heterocycles. The van der Waals surface area contributed by atoms with Gasteiger partial charge in [0.15, 0.2) is 6.04 Å². The molecule has 2 unspecified atom stereocenters. The minimum atomic E-state index is -1.05. The summed E-state index contributed by atoms with van der Waals surface area (Å²) in [5, 5.41) is 11.9. The van der Waals surface area contributed by atoms with Crippen LogP contribution in [-0.2, 0) is 9.59 Å². The van der Waals surface area contributed by atoms with Gasteiger partial charge in [-0.05, 0) is 36.5 Å². The lowest BCUT2D eigenvalue weighted by atomic mass is 10.0. The van der Waals surface area contributed by atoms with E-state index in [0.29, 0.717) is 12.0 Å². The summed E-state index contributed by atoms with van der Waals surface area (Å²) in [5.41, 5.74) is 0.566. The number of allylic oxidation sites excluding steroid dienone is 2. The minimum absolute atomic E-state index is 0.225. The second-order valence-electron chi connectivity index (χ2n) is 4.86. The summed E-state index contributed by atoms with van der Waals surface area (Å²) in [6.45, 7) is 0. The predicted molar refractivity (Wildman–Crippen MR) is 79.1 cm³/mol. The molecule has 2 N–H and O–H groups in total. The first-order valence-electron chi connectivity index (χ1n) is 6.50. The summed E-state index contributed by atoms with van der Waals surface area (Å²) in [5.74, 6) is -1.05. The van der Waals surface area contributed by atoms with Crippen LogP contribution in [0.25, 0.3) is 0 Å². The van der Waals surface area contributed by atoms with Crippen molar-refractivity contribution in [3.05, 3.63) is 46.5 Å². The number of carboxylic acid groups (broad SMARTS) is 1. The van der Waals surface area contributed by atoms with Crippen molar-refractivity contribution in [2.45, 2.75) is 25.3 Å². The molecule has 0 bridgehead atoms. The third kappa shape index (κ3) is 3.93. The first-order chi connectivity index (χ1) is 9.56. The van der Waals surface area contributed by atoms with E-state index in [-0.39, 0.29) is 11.8 Å². The van der Waals surface area contributed by atoms with Gasteiger partial charge in [-0.1, -0.05) is 40.2 Å². The van der Waals surface area contributed by atoms with E-state index in [1.807, 2.05) is 6.08 Å². The van der Waals surface area contributed by atoms with Gasteiger partial charge in [-0.3, -0.25) is 4.79 Å². The molecule has 0 saturated carbocycles. The molecule has 1 aliphatic rings. The number of rotatable bonds is 5. The Morgan fingerprint density at radius 1 is 1.35 bits per heavy atom. The lowest BCUT2D eigenvalue weighted by molar-refractivity contribution is -0.142. The van der Waals surface area contributed by atoms with E-state index in [2.05, 4.69) is 27.3 Å². The molecule has 0 spiro atoms. The molecule has 1 aromatic rings. The van der Waals surface area contributed by atoms with E-state index < -0.39 is 12.0 Å². The zero-order valence-corrected chi connectivity index (χ0v) is 12.5. The summed E-state index contributed by atoms with van der Waals surface area (Å²) in [6.07, 6.45) is 6.38. The van der Waals surface area contributed by atoms with Gasteiger partial charge >= 0.3 is 5.97 Å². The Bertz CT molecular complexity index is 524. The summed E-state index contributed by atoms with van der Waals surface area (Å²) >= 11 is 3.30. The van der Waals surface area contributed by atoms with Crippen LogP contribution in [0.15, 0.2) is 40.9 Å². The normalized spacial score (nSPS) is 18.8. The quantitative estimate of drug-likeness (QED) is 0.811. The van der Waals surface area contributed by atoms with Crippen LogP contribution in [0, 0.1) is 5.92 Å². The smallest absolute Gasteiger partial charge is 0.330 e. The molecule has 2 atom stereocenters. The highest BCUT2D eigenvalue weighted by Crippen LogP contribution is 2.22. The Morgan fingerprint density at radius 3 is 2.60 bits per heavy atom. The number of halogens is 1. The largest absolute Gasteiger partial charge is 0.479 e. The van der Waals surface area contributed by atoms with Gasteiger partial charge in [-0.25, -0.2) is 4.79 Å². The van der Waals surface area contributed by atoms with Crippen molar-refractivity contribution in [3.8, 4) is 0 Å². The van der Waals surface area contributed by atoms with Crippen LogP contribution in [0.3, 0.4) is 0 Å².